The number of nitrogens with one attached hydrogen (secondary N) is 1. The molecule has 5 rings (SSSR count). The summed E-state index contributed by atoms with van der Waals surface area (Å²) in [5.41, 5.74) is 3.52. The molecule has 0 atom stereocenters. The van der Waals surface area contributed by atoms with Gasteiger partial charge in [0.1, 0.15) is 12.4 Å². The van der Waals surface area contributed by atoms with Crippen LogP contribution < -0.4 is 9.46 Å². The molecule has 10 heteroatoms. The molecule has 0 amide bonds. The number of benzene rings is 2. The van der Waals surface area contributed by atoms with E-state index in [0.29, 0.717) is 22.9 Å². The highest BCUT2D eigenvalue weighted by Crippen LogP contribution is 2.24. The number of rotatable bonds is 7. The number of halogens is 1. The van der Waals surface area contributed by atoms with E-state index in [1.165, 1.54) is 22.2 Å². The Bertz CT molecular complexity index is 1400. The van der Waals surface area contributed by atoms with Crippen LogP contribution in [0.1, 0.15) is 24.0 Å². The zero-order valence-corrected chi connectivity index (χ0v) is 18.6. The summed E-state index contributed by atoms with van der Waals surface area (Å²) in [5.74, 6) is 0.393. The highest BCUT2D eigenvalue weighted by Gasteiger charge is 2.17. The second-order valence-electron chi connectivity index (χ2n) is 7.86. The fourth-order valence-electron chi connectivity index (χ4n) is 3.92. The van der Waals surface area contributed by atoms with Crippen molar-refractivity contribution in [1.82, 2.24) is 24.5 Å². The molecule has 33 heavy (non-hydrogen) atoms. The number of aromatic nitrogens is 4. The lowest BCUT2D eigenvalue weighted by molar-refractivity contribution is 0.306. The van der Waals surface area contributed by atoms with Crippen molar-refractivity contribution in [3.8, 4) is 17.3 Å². The number of sulfonamides is 1. The Hall–Kier alpha value is -3.37. The first-order valence-corrected chi connectivity index (χ1v) is 12.2. The number of hydrogen-bond donors (Lipinski definition) is 1. The molecular formula is C23H22FN5O3S. The van der Waals surface area contributed by atoms with Crippen molar-refractivity contribution in [3.63, 3.8) is 0 Å². The van der Waals surface area contributed by atoms with E-state index in [4.69, 9.17) is 4.74 Å². The van der Waals surface area contributed by atoms with Crippen LogP contribution in [0.3, 0.4) is 0 Å². The first-order chi connectivity index (χ1) is 16.0. The Kier molecular flexibility index (Phi) is 5.77. The van der Waals surface area contributed by atoms with Crippen molar-refractivity contribution >= 4 is 15.7 Å². The van der Waals surface area contributed by atoms with E-state index in [-0.39, 0.29) is 23.9 Å². The molecule has 8 nitrogen and oxygen atoms in total. The first kappa shape index (κ1) is 21.5. The highest BCUT2D eigenvalue weighted by atomic mass is 32.2. The lowest BCUT2D eigenvalue weighted by Gasteiger charge is -2.16. The second kappa shape index (κ2) is 8.87. The largest absolute Gasteiger partial charge is 0.475 e. The quantitative estimate of drug-likeness (QED) is 0.419. The van der Waals surface area contributed by atoms with Gasteiger partial charge in [-0.05, 0) is 79.3 Å². The van der Waals surface area contributed by atoms with Gasteiger partial charge in [0.15, 0.2) is 11.5 Å². The van der Waals surface area contributed by atoms with Crippen molar-refractivity contribution in [1.29, 1.82) is 0 Å². The van der Waals surface area contributed by atoms with Gasteiger partial charge in [0.25, 0.3) is 0 Å². The number of aryl methyl sites for hydroxylation is 2. The van der Waals surface area contributed by atoms with E-state index < -0.39 is 10.0 Å². The van der Waals surface area contributed by atoms with Gasteiger partial charge < -0.3 is 4.74 Å². The molecule has 0 radical (unpaired) electrons. The average molecular weight is 468 g/mol. The van der Waals surface area contributed by atoms with Gasteiger partial charge in [0, 0.05) is 18.2 Å². The molecule has 0 aliphatic heterocycles. The summed E-state index contributed by atoms with van der Waals surface area (Å²) in [6.07, 6.45) is 4.15. The summed E-state index contributed by atoms with van der Waals surface area (Å²) < 4.78 is 48.3. The summed E-state index contributed by atoms with van der Waals surface area (Å²) in [6, 6.07) is 14.5. The molecule has 2 heterocycles. The van der Waals surface area contributed by atoms with Gasteiger partial charge in [-0.1, -0.05) is 6.07 Å². The van der Waals surface area contributed by atoms with Crippen molar-refractivity contribution in [2.45, 2.75) is 30.6 Å². The van der Waals surface area contributed by atoms with E-state index in [1.807, 2.05) is 6.07 Å². The smallest absolute Gasteiger partial charge is 0.240 e. The molecule has 0 bridgehead atoms. The molecule has 1 aliphatic rings. The Morgan fingerprint density at radius 2 is 1.76 bits per heavy atom. The van der Waals surface area contributed by atoms with Gasteiger partial charge in [0.05, 0.1) is 4.90 Å². The molecule has 0 saturated carbocycles. The minimum absolute atomic E-state index is 0.0894. The van der Waals surface area contributed by atoms with E-state index >= 15 is 0 Å². The minimum Gasteiger partial charge on any atom is -0.475 e. The highest BCUT2D eigenvalue weighted by molar-refractivity contribution is 7.89. The zero-order chi connectivity index (χ0) is 22.8. The molecule has 170 valence electrons. The van der Waals surface area contributed by atoms with Crippen molar-refractivity contribution in [2.75, 3.05) is 13.2 Å². The Labute approximate surface area is 190 Å². The molecule has 0 unspecified atom stereocenters. The van der Waals surface area contributed by atoms with Crippen molar-refractivity contribution in [2.24, 2.45) is 0 Å². The molecule has 2 aromatic carbocycles. The van der Waals surface area contributed by atoms with Crippen LogP contribution >= 0.6 is 0 Å². The number of nitrogens with zero attached hydrogens (tertiary/aromatic N) is 4. The zero-order valence-electron chi connectivity index (χ0n) is 17.7. The molecular weight excluding hydrogens is 445 g/mol. The predicted octanol–water partition coefficient (Wildman–Crippen LogP) is 3.17. The third kappa shape index (κ3) is 4.57. The number of hydrogen-bond acceptors (Lipinski definition) is 6. The van der Waals surface area contributed by atoms with Gasteiger partial charge in [0.2, 0.25) is 15.9 Å². The summed E-state index contributed by atoms with van der Waals surface area (Å²) >= 11 is 0. The van der Waals surface area contributed by atoms with Crippen molar-refractivity contribution < 1.29 is 17.5 Å². The van der Waals surface area contributed by atoms with Crippen LogP contribution in [-0.2, 0) is 22.9 Å². The number of fused-ring (bicyclic) bond motifs is 2. The van der Waals surface area contributed by atoms with E-state index in [1.54, 1.807) is 36.4 Å². The van der Waals surface area contributed by atoms with Gasteiger partial charge in [-0.2, -0.15) is 4.52 Å². The van der Waals surface area contributed by atoms with Gasteiger partial charge in [-0.3, -0.25) is 0 Å². The monoisotopic (exact) mass is 467 g/mol. The standard InChI is InChI=1S/C23H22FN5O3S/c24-19-8-5-17(6-9-19)23-27-26-21-11-12-22(28-29(21)23)32-14-13-25-33(30,31)20-10-7-16-3-1-2-4-18(16)15-20/h5-12,15,25H,1-4,13-14H2. The van der Waals surface area contributed by atoms with Crippen LogP contribution in [0.25, 0.3) is 17.0 Å². The minimum atomic E-state index is -3.63. The third-order valence-corrected chi connectivity index (χ3v) is 7.07. The summed E-state index contributed by atoms with van der Waals surface area (Å²) in [4.78, 5) is 0.274. The topological polar surface area (TPSA) is 98.5 Å². The van der Waals surface area contributed by atoms with Gasteiger partial charge in [-0.25, -0.2) is 17.5 Å². The van der Waals surface area contributed by atoms with Crippen LogP contribution in [0.5, 0.6) is 5.88 Å². The maximum atomic E-state index is 13.2. The maximum absolute atomic E-state index is 13.2. The Morgan fingerprint density at radius 3 is 2.58 bits per heavy atom. The summed E-state index contributed by atoms with van der Waals surface area (Å²) in [6.45, 7) is 0.183. The van der Waals surface area contributed by atoms with Crippen LogP contribution in [0, 0.1) is 5.82 Å². The molecule has 4 aromatic rings. The first-order valence-electron chi connectivity index (χ1n) is 10.7. The van der Waals surface area contributed by atoms with E-state index in [9.17, 15) is 12.8 Å². The Morgan fingerprint density at radius 1 is 0.970 bits per heavy atom. The van der Waals surface area contributed by atoms with Crippen LogP contribution in [0.2, 0.25) is 0 Å². The van der Waals surface area contributed by atoms with Crippen LogP contribution in [0.15, 0.2) is 59.5 Å². The molecule has 0 saturated heterocycles. The predicted molar refractivity (Wildman–Crippen MR) is 120 cm³/mol. The normalized spacial score (nSPS) is 13.7. The van der Waals surface area contributed by atoms with Crippen LogP contribution in [0.4, 0.5) is 4.39 Å². The maximum Gasteiger partial charge on any atom is 0.240 e. The fraction of sp³-hybridized carbons (Fsp3) is 0.261. The van der Waals surface area contributed by atoms with E-state index in [0.717, 1.165) is 31.2 Å². The molecule has 0 fully saturated rings. The average Bonchev–Trinajstić information content (AvgIpc) is 3.25. The van der Waals surface area contributed by atoms with Gasteiger partial charge in [-0.15, -0.1) is 15.3 Å². The third-order valence-electron chi connectivity index (χ3n) is 5.62. The second-order valence-corrected chi connectivity index (χ2v) is 9.62. The summed E-state index contributed by atoms with van der Waals surface area (Å²) in [5, 5.41) is 12.5. The summed E-state index contributed by atoms with van der Waals surface area (Å²) in [7, 11) is -3.63. The fourth-order valence-corrected chi connectivity index (χ4v) is 4.98. The molecule has 1 N–H and O–H groups in total. The Balaban J connectivity index is 1.24. The van der Waals surface area contributed by atoms with Gasteiger partial charge >= 0.3 is 0 Å². The molecule has 0 spiro atoms. The molecule has 2 aromatic heterocycles. The SMILES string of the molecule is O=S(=O)(NCCOc1ccc2nnc(-c3ccc(F)cc3)n2n1)c1ccc2c(c1)CCCC2. The van der Waals surface area contributed by atoms with Crippen molar-refractivity contribution in [3.05, 3.63) is 71.5 Å². The lowest BCUT2D eigenvalue weighted by Crippen LogP contribution is -2.28. The number of ether oxygens (including phenoxy) is 1. The lowest BCUT2D eigenvalue weighted by atomic mass is 9.92. The van der Waals surface area contributed by atoms with E-state index in [2.05, 4.69) is 20.0 Å². The van der Waals surface area contributed by atoms with Crippen LogP contribution in [-0.4, -0.2) is 41.4 Å². The molecule has 1 aliphatic carbocycles.